The van der Waals surface area contributed by atoms with E-state index in [1.54, 1.807) is 0 Å². The number of amides is 1. The topological polar surface area (TPSA) is 29.1 Å². The Balaban J connectivity index is 2.67. The molecule has 1 aliphatic carbocycles. The summed E-state index contributed by atoms with van der Waals surface area (Å²) in [4.78, 5) is 12.1. The van der Waals surface area contributed by atoms with Crippen molar-refractivity contribution >= 4 is 21.8 Å². The fourth-order valence-corrected chi connectivity index (χ4v) is 3.00. The van der Waals surface area contributed by atoms with Crippen LogP contribution in [0.25, 0.3) is 0 Å². The fourth-order valence-electron chi connectivity index (χ4n) is 2.44. The van der Waals surface area contributed by atoms with Gasteiger partial charge in [-0.15, -0.1) is 0 Å². The van der Waals surface area contributed by atoms with E-state index in [0.29, 0.717) is 24.6 Å². The van der Waals surface area contributed by atoms with Crippen molar-refractivity contribution in [1.82, 2.24) is 5.32 Å². The van der Waals surface area contributed by atoms with Crippen molar-refractivity contribution in [3.63, 3.8) is 0 Å². The van der Waals surface area contributed by atoms with Gasteiger partial charge in [0.1, 0.15) is 0 Å². The SMILES string of the molecule is CC(CBr)C(C)NC(=O)C1CCCCC1C(F)(F)F. The van der Waals surface area contributed by atoms with Gasteiger partial charge >= 0.3 is 6.18 Å². The Labute approximate surface area is 120 Å². The molecule has 1 fully saturated rings. The van der Waals surface area contributed by atoms with E-state index in [4.69, 9.17) is 0 Å². The van der Waals surface area contributed by atoms with Gasteiger partial charge in [-0.05, 0) is 25.7 Å². The first-order chi connectivity index (χ1) is 8.77. The number of carbonyl (C=O) groups is 1. The summed E-state index contributed by atoms with van der Waals surface area (Å²) < 4.78 is 38.8. The minimum Gasteiger partial charge on any atom is -0.353 e. The van der Waals surface area contributed by atoms with Crippen LogP contribution in [0.15, 0.2) is 0 Å². The lowest BCUT2D eigenvalue weighted by Crippen LogP contribution is -2.46. The number of alkyl halides is 4. The van der Waals surface area contributed by atoms with Gasteiger partial charge in [-0.2, -0.15) is 13.2 Å². The van der Waals surface area contributed by atoms with Crippen LogP contribution in [0.1, 0.15) is 39.5 Å². The van der Waals surface area contributed by atoms with E-state index in [9.17, 15) is 18.0 Å². The third kappa shape index (κ3) is 4.65. The molecule has 0 saturated heterocycles. The molecule has 0 aromatic heterocycles. The summed E-state index contributed by atoms with van der Waals surface area (Å²) in [5, 5.41) is 3.44. The molecule has 0 spiro atoms. The summed E-state index contributed by atoms with van der Waals surface area (Å²) in [6, 6.07) is -0.123. The van der Waals surface area contributed by atoms with Gasteiger partial charge in [0.2, 0.25) is 5.91 Å². The van der Waals surface area contributed by atoms with Gasteiger partial charge in [-0.3, -0.25) is 4.79 Å². The number of hydrogen-bond donors (Lipinski definition) is 1. The number of rotatable bonds is 4. The van der Waals surface area contributed by atoms with Crippen molar-refractivity contribution in [1.29, 1.82) is 0 Å². The van der Waals surface area contributed by atoms with E-state index >= 15 is 0 Å². The van der Waals surface area contributed by atoms with E-state index in [0.717, 1.165) is 0 Å². The van der Waals surface area contributed by atoms with Crippen LogP contribution in [0.2, 0.25) is 0 Å². The lowest BCUT2D eigenvalue weighted by Gasteiger charge is -2.33. The number of hydrogen-bond acceptors (Lipinski definition) is 1. The average molecular weight is 344 g/mol. The monoisotopic (exact) mass is 343 g/mol. The smallest absolute Gasteiger partial charge is 0.353 e. The molecule has 0 aromatic rings. The first-order valence-electron chi connectivity index (χ1n) is 6.70. The average Bonchev–Trinajstić information content (AvgIpc) is 2.36. The highest BCUT2D eigenvalue weighted by atomic mass is 79.9. The molecule has 6 heteroatoms. The predicted octanol–water partition coefficient (Wildman–Crippen LogP) is 3.89. The molecule has 4 unspecified atom stereocenters. The molecule has 1 rings (SSSR count). The molecule has 0 heterocycles. The Bertz CT molecular complexity index is 309. The van der Waals surface area contributed by atoms with Crippen LogP contribution in [0.4, 0.5) is 13.2 Å². The van der Waals surface area contributed by atoms with E-state index in [1.165, 1.54) is 0 Å². The van der Waals surface area contributed by atoms with Crippen molar-refractivity contribution in [3.05, 3.63) is 0 Å². The van der Waals surface area contributed by atoms with Crippen molar-refractivity contribution in [3.8, 4) is 0 Å². The molecule has 2 nitrogen and oxygen atoms in total. The second-order valence-electron chi connectivity index (χ2n) is 5.47. The van der Waals surface area contributed by atoms with Crippen LogP contribution < -0.4 is 5.32 Å². The predicted molar refractivity (Wildman–Crippen MR) is 72.1 cm³/mol. The van der Waals surface area contributed by atoms with Crippen LogP contribution in [0.3, 0.4) is 0 Å². The maximum absolute atomic E-state index is 12.9. The van der Waals surface area contributed by atoms with Gasteiger partial charge in [-0.25, -0.2) is 0 Å². The first kappa shape index (κ1) is 16.8. The van der Waals surface area contributed by atoms with Gasteiger partial charge in [-0.1, -0.05) is 35.7 Å². The Morgan fingerprint density at radius 1 is 1.32 bits per heavy atom. The van der Waals surface area contributed by atoms with Crippen LogP contribution in [0, 0.1) is 17.8 Å². The normalized spacial score (nSPS) is 27.7. The summed E-state index contributed by atoms with van der Waals surface area (Å²) >= 11 is 3.31. The Morgan fingerprint density at radius 3 is 2.42 bits per heavy atom. The van der Waals surface area contributed by atoms with Crippen molar-refractivity contribution < 1.29 is 18.0 Å². The number of halogens is 4. The van der Waals surface area contributed by atoms with Gasteiger partial charge in [0, 0.05) is 17.3 Å². The first-order valence-corrected chi connectivity index (χ1v) is 7.82. The van der Waals surface area contributed by atoms with Crippen LogP contribution >= 0.6 is 15.9 Å². The molecule has 1 amide bonds. The third-order valence-corrected chi connectivity index (χ3v) is 5.01. The lowest BCUT2D eigenvalue weighted by atomic mass is 9.78. The highest BCUT2D eigenvalue weighted by Crippen LogP contribution is 2.41. The molecule has 1 N–H and O–H groups in total. The van der Waals surface area contributed by atoms with Crippen molar-refractivity contribution in [2.75, 3.05) is 5.33 Å². The molecule has 19 heavy (non-hydrogen) atoms. The zero-order valence-electron chi connectivity index (χ0n) is 11.3. The fraction of sp³-hybridized carbons (Fsp3) is 0.923. The number of nitrogens with one attached hydrogen (secondary N) is 1. The lowest BCUT2D eigenvalue weighted by molar-refractivity contribution is -0.198. The molecule has 112 valence electrons. The zero-order valence-corrected chi connectivity index (χ0v) is 12.9. The molecule has 0 radical (unpaired) electrons. The summed E-state index contributed by atoms with van der Waals surface area (Å²) in [5.41, 5.74) is 0. The van der Waals surface area contributed by atoms with E-state index in [1.807, 2.05) is 13.8 Å². The molecule has 0 aromatic carbocycles. The summed E-state index contributed by atoms with van der Waals surface area (Å²) in [7, 11) is 0. The Hall–Kier alpha value is -0.260. The third-order valence-electron chi connectivity index (χ3n) is 3.99. The molecule has 0 bridgehead atoms. The largest absolute Gasteiger partial charge is 0.392 e. The highest BCUT2D eigenvalue weighted by Gasteiger charge is 2.48. The second-order valence-corrected chi connectivity index (χ2v) is 6.12. The summed E-state index contributed by atoms with van der Waals surface area (Å²) in [6.45, 7) is 3.77. The minimum absolute atomic E-state index is 0.0734. The van der Waals surface area contributed by atoms with Crippen molar-refractivity contribution in [2.45, 2.75) is 51.7 Å². The van der Waals surface area contributed by atoms with Gasteiger partial charge < -0.3 is 5.32 Å². The molecule has 1 aliphatic rings. The summed E-state index contributed by atoms with van der Waals surface area (Å²) in [6.07, 6.45) is -2.60. The van der Waals surface area contributed by atoms with Crippen LogP contribution in [-0.4, -0.2) is 23.5 Å². The van der Waals surface area contributed by atoms with E-state index in [-0.39, 0.29) is 18.4 Å². The molecule has 1 saturated carbocycles. The Kier molecular flexibility index (Phi) is 6.15. The van der Waals surface area contributed by atoms with Crippen LogP contribution in [-0.2, 0) is 4.79 Å². The zero-order chi connectivity index (χ0) is 14.6. The second kappa shape index (κ2) is 6.95. The van der Waals surface area contributed by atoms with Crippen molar-refractivity contribution in [2.24, 2.45) is 17.8 Å². The van der Waals surface area contributed by atoms with Gasteiger partial charge in [0.05, 0.1) is 5.92 Å². The quantitative estimate of drug-likeness (QED) is 0.771. The molecule has 0 aliphatic heterocycles. The van der Waals surface area contributed by atoms with Crippen LogP contribution in [0.5, 0.6) is 0 Å². The summed E-state index contributed by atoms with van der Waals surface area (Å²) in [5.74, 6) is -2.65. The van der Waals surface area contributed by atoms with E-state index in [2.05, 4.69) is 21.2 Å². The molecule has 4 atom stereocenters. The highest BCUT2D eigenvalue weighted by molar-refractivity contribution is 9.09. The number of carbonyl (C=O) groups excluding carboxylic acids is 1. The van der Waals surface area contributed by atoms with E-state index < -0.39 is 23.9 Å². The maximum atomic E-state index is 12.9. The van der Waals surface area contributed by atoms with Gasteiger partial charge in [0.25, 0.3) is 0 Å². The Morgan fingerprint density at radius 2 is 1.89 bits per heavy atom. The maximum Gasteiger partial charge on any atom is 0.392 e. The molecular formula is C13H21BrF3NO. The minimum atomic E-state index is -4.27. The standard InChI is InChI=1S/C13H21BrF3NO/c1-8(7-14)9(2)18-12(19)10-5-3-4-6-11(10)13(15,16)17/h8-11H,3-7H2,1-2H3,(H,18,19). The molecular weight excluding hydrogens is 323 g/mol. The van der Waals surface area contributed by atoms with Gasteiger partial charge in [0.15, 0.2) is 0 Å².